The van der Waals surface area contributed by atoms with Crippen LogP contribution in [0, 0.1) is 0 Å². The van der Waals surface area contributed by atoms with Crippen molar-refractivity contribution in [3.63, 3.8) is 0 Å². The van der Waals surface area contributed by atoms with Crippen LogP contribution in [-0.4, -0.2) is 53.9 Å². The average molecular weight is 345 g/mol. The molecule has 1 aromatic heterocycles. The minimum Gasteiger partial charge on any atom is -0.337 e. The van der Waals surface area contributed by atoms with E-state index in [0.717, 1.165) is 47.1 Å². The van der Waals surface area contributed by atoms with E-state index in [-0.39, 0.29) is 5.91 Å². The predicted octanol–water partition coefficient (Wildman–Crippen LogP) is 3.68. The lowest BCUT2D eigenvalue weighted by molar-refractivity contribution is 0.0737. The number of fused-ring (bicyclic) bond motifs is 1. The van der Waals surface area contributed by atoms with Crippen molar-refractivity contribution in [1.29, 1.82) is 0 Å². The topological polar surface area (TPSA) is 36.4 Å². The van der Waals surface area contributed by atoms with Crippen molar-refractivity contribution < 1.29 is 4.79 Å². The molecule has 0 N–H and O–H groups in total. The van der Waals surface area contributed by atoms with Gasteiger partial charge in [0.05, 0.1) is 5.52 Å². The van der Waals surface area contributed by atoms with Gasteiger partial charge in [-0.05, 0) is 43.8 Å². The summed E-state index contributed by atoms with van der Waals surface area (Å²) in [7, 11) is 4.01. The van der Waals surface area contributed by atoms with Crippen LogP contribution in [0.2, 0.25) is 0 Å². The quantitative estimate of drug-likeness (QED) is 0.727. The lowest BCUT2D eigenvalue weighted by Crippen LogP contribution is -2.38. The van der Waals surface area contributed by atoms with Crippen LogP contribution < -0.4 is 0 Å². The minimum absolute atomic E-state index is 0.0906. The van der Waals surface area contributed by atoms with E-state index >= 15 is 0 Å². The third-order valence-electron chi connectivity index (χ3n) is 5.31. The van der Waals surface area contributed by atoms with Crippen molar-refractivity contribution in [2.45, 2.75) is 12.5 Å². The largest absolute Gasteiger partial charge is 0.337 e. The fraction of sp³-hybridized carbons (Fsp3) is 0.273. The van der Waals surface area contributed by atoms with Gasteiger partial charge < -0.3 is 9.80 Å². The van der Waals surface area contributed by atoms with E-state index in [0.29, 0.717) is 6.04 Å². The number of para-hydroxylation sites is 1. The number of aromatic nitrogens is 1. The second kappa shape index (κ2) is 6.89. The van der Waals surface area contributed by atoms with Gasteiger partial charge in [-0.3, -0.25) is 9.78 Å². The number of likely N-dealkylation sites (tertiary alicyclic amines) is 1. The molecule has 3 aromatic rings. The number of rotatable bonds is 3. The molecule has 1 aliphatic heterocycles. The first kappa shape index (κ1) is 16.7. The fourth-order valence-electron chi connectivity index (χ4n) is 3.73. The Morgan fingerprint density at radius 2 is 1.88 bits per heavy atom. The van der Waals surface area contributed by atoms with E-state index in [9.17, 15) is 4.79 Å². The molecule has 132 valence electrons. The number of likely N-dealkylation sites (N-methyl/N-ethyl adjacent to an activating group) is 2. The number of carbonyl (C=O) groups excluding carboxylic acids is 1. The highest BCUT2D eigenvalue weighted by atomic mass is 16.2. The van der Waals surface area contributed by atoms with Gasteiger partial charge in [0.15, 0.2) is 0 Å². The molecule has 26 heavy (non-hydrogen) atoms. The molecule has 2 aromatic carbocycles. The second-order valence-corrected chi connectivity index (χ2v) is 7.08. The maximum Gasteiger partial charge on any atom is 0.253 e. The van der Waals surface area contributed by atoms with Crippen molar-refractivity contribution in [2.24, 2.45) is 0 Å². The Morgan fingerprint density at radius 1 is 1.12 bits per heavy atom. The third-order valence-corrected chi connectivity index (χ3v) is 5.31. The summed E-state index contributed by atoms with van der Waals surface area (Å²) >= 11 is 0. The molecule has 0 unspecified atom stereocenters. The SMILES string of the molecule is CN1CC[C@@H](N(C)C(=O)c2ccc(-c3cccc4cccnc34)cc2)C1. The molecule has 1 atom stereocenters. The minimum atomic E-state index is 0.0906. The van der Waals surface area contributed by atoms with Gasteiger partial charge in [0.25, 0.3) is 5.91 Å². The van der Waals surface area contributed by atoms with Gasteiger partial charge in [-0.2, -0.15) is 0 Å². The van der Waals surface area contributed by atoms with Crippen molar-refractivity contribution in [2.75, 3.05) is 27.2 Å². The van der Waals surface area contributed by atoms with Gasteiger partial charge in [-0.15, -0.1) is 0 Å². The number of hydrogen-bond acceptors (Lipinski definition) is 3. The molecule has 1 saturated heterocycles. The predicted molar refractivity (Wildman–Crippen MR) is 105 cm³/mol. The molecule has 0 aliphatic carbocycles. The summed E-state index contributed by atoms with van der Waals surface area (Å²) in [5.41, 5.74) is 3.89. The summed E-state index contributed by atoms with van der Waals surface area (Å²) in [4.78, 5) is 21.5. The Bertz CT molecular complexity index is 930. The van der Waals surface area contributed by atoms with E-state index in [1.165, 1.54) is 0 Å². The van der Waals surface area contributed by atoms with Crippen molar-refractivity contribution in [3.05, 3.63) is 66.4 Å². The summed E-state index contributed by atoms with van der Waals surface area (Å²) in [6.45, 7) is 2.00. The highest BCUT2D eigenvalue weighted by molar-refractivity contribution is 5.96. The lowest BCUT2D eigenvalue weighted by atomic mass is 10.0. The van der Waals surface area contributed by atoms with Crippen LogP contribution in [-0.2, 0) is 0 Å². The summed E-state index contributed by atoms with van der Waals surface area (Å²) in [6, 6.07) is 18.4. The second-order valence-electron chi connectivity index (χ2n) is 7.08. The van der Waals surface area contributed by atoms with E-state index < -0.39 is 0 Å². The molecule has 1 fully saturated rings. The van der Waals surface area contributed by atoms with Gasteiger partial charge in [-0.1, -0.05) is 36.4 Å². The number of nitrogens with zero attached hydrogens (tertiary/aromatic N) is 3. The number of carbonyl (C=O) groups is 1. The zero-order chi connectivity index (χ0) is 18.1. The van der Waals surface area contributed by atoms with E-state index in [4.69, 9.17) is 0 Å². The normalized spacial score (nSPS) is 17.5. The van der Waals surface area contributed by atoms with Crippen molar-refractivity contribution in [3.8, 4) is 11.1 Å². The summed E-state index contributed by atoms with van der Waals surface area (Å²) in [5, 5.41) is 1.12. The maximum absolute atomic E-state index is 12.8. The molecule has 0 spiro atoms. The van der Waals surface area contributed by atoms with Crippen LogP contribution in [0.5, 0.6) is 0 Å². The molecule has 1 amide bonds. The Balaban J connectivity index is 1.59. The number of hydrogen-bond donors (Lipinski definition) is 0. The number of amides is 1. The highest BCUT2D eigenvalue weighted by Gasteiger charge is 2.26. The van der Waals surface area contributed by atoms with Crippen LogP contribution in [0.15, 0.2) is 60.8 Å². The van der Waals surface area contributed by atoms with E-state index in [1.807, 2.05) is 54.5 Å². The molecular weight excluding hydrogens is 322 g/mol. The van der Waals surface area contributed by atoms with Gasteiger partial charge >= 0.3 is 0 Å². The van der Waals surface area contributed by atoms with Crippen LogP contribution in [0.25, 0.3) is 22.0 Å². The van der Waals surface area contributed by atoms with Crippen molar-refractivity contribution in [1.82, 2.24) is 14.8 Å². The zero-order valence-corrected chi connectivity index (χ0v) is 15.2. The molecule has 1 aliphatic rings. The van der Waals surface area contributed by atoms with Crippen LogP contribution >= 0.6 is 0 Å². The number of benzene rings is 2. The third kappa shape index (κ3) is 3.08. The smallest absolute Gasteiger partial charge is 0.253 e. The zero-order valence-electron chi connectivity index (χ0n) is 15.2. The Hall–Kier alpha value is -2.72. The van der Waals surface area contributed by atoms with E-state index in [1.54, 1.807) is 0 Å². The van der Waals surface area contributed by atoms with Gasteiger partial charge in [-0.25, -0.2) is 0 Å². The van der Waals surface area contributed by atoms with Crippen molar-refractivity contribution >= 4 is 16.8 Å². The first-order valence-corrected chi connectivity index (χ1v) is 9.03. The molecule has 0 saturated carbocycles. The first-order chi connectivity index (χ1) is 12.6. The van der Waals surface area contributed by atoms with Gasteiger partial charge in [0.1, 0.15) is 0 Å². The molecule has 4 heteroatoms. The van der Waals surface area contributed by atoms with Gasteiger partial charge in [0, 0.05) is 42.3 Å². The highest BCUT2D eigenvalue weighted by Crippen LogP contribution is 2.27. The molecule has 2 heterocycles. The fourth-order valence-corrected chi connectivity index (χ4v) is 3.73. The Kier molecular flexibility index (Phi) is 4.43. The average Bonchev–Trinajstić information content (AvgIpc) is 3.13. The van der Waals surface area contributed by atoms with Crippen LogP contribution in [0.3, 0.4) is 0 Å². The monoisotopic (exact) mass is 345 g/mol. The van der Waals surface area contributed by atoms with Crippen LogP contribution in [0.4, 0.5) is 0 Å². The Morgan fingerprint density at radius 3 is 2.62 bits per heavy atom. The summed E-state index contributed by atoms with van der Waals surface area (Å²) < 4.78 is 0. The van der Waals surface area contributed by atoms with E-state index in [2.05, 4.69) is 35.1 Å². The molecular formula is C22H23N3O. The Labute approximate surface area is 154 Å². The lowest BCUT2D eigenvalue weighted by Gasteiger charge is -2.24. The standard InChI is InChI=1S/C22H23N3O/c1-24-14-12-19(15-24)25(2)22(26)18-10-8-16(9-11-18)20-7-3-5-17-6-4-13-23-21(17)20/h3-11,13,19H,12,14-15H2,1-2H3/t19-/m1/s1. The van der Waals surface area contributed by atoms with Crippen LogP contribution in [0.1, 0.15) is 16.8 Å². The molecule has 0 bridgehead atoms. The van der Waals surface area contributed by atoms with Gasteiger partial charge in [0.2, 0.25) is 0 Å². The number of pyridine rings is 1. The first-order valence-electron chi connectivity index (χ1n) is 9.03. The molecule has 4 nitrogen and oxygen atoms in total. The molecule has 4 rings (SSSR count). The summed E-state index contributed by atoms with van der Waals surface area (Å²) in [6.07, 6.45) is 2.86. The maximum atomic E-state index is 12.8. The molecule has 0 radical (unpaired) electrons. The summed E-state index contributed by atoms with van der Waals surface area (Å²) in [5.74, 6) is 0.0906.